The lowest BCUT2D eigenvalue weighted by atomic mass is 9.47. The molecule has 1 saturated heterocycles. The molecule has 8 heteroatoms. The lowest BCUT2D eigenvalue weighted by molar-refractivity contribution is -0.193. The van der Waals surface area contributed by atoms with Gasteiger partial charge in [-0.3, -0.25) is 19.2 Å². The Balaban J connectivity index is 1.54. The fourth-order valence-electron chi connectivity index (χ4n) is 8.71. The molecule has 0 aromatic heterocycles. The number of Topliss-reactive ketones (excluding diaryl/α,β-unsaturated/α-hetero) is 1. The molecule has 1 aliphatic heterocycles. The second-order valence-corrected chi connectivity index (χ2v) is 11.8. The lowest BCUT2D eigenvalue weighted by Crippen LogP contribution is -2.63. The number of hydrogen-bond acceptors (Lipinski definition) is 8. The first-order chi connectivity index (χ1) is 16.8. The first-order valence-electron chi connectivity index (χ1n) is 13.0. The molecule has 2 saturated carbocycles. The normalized spacial score (nSPS) is 43.9. The van der Waals surface area contributed by atoms with Crippen LogP contribution < -0.4 is 0 Å². The second kappa shape index (κ2) is 8.01. The van der Waals surface area contributed by atoms with E-state index in [0.717, 1.165) is 18.4 Å². The van der Waals surface area contributed by atoms with E-state index < -0.39 is 29.6 Å². The van der Waals surface area contributed by atoms with Crippen LogP contribution in [0.2, 0.25) is 0 Å². The molecule has 1 heterocycles. The van der Waals surface area contributed by atoms with Crippen LogP contribution in [0.15, 0.2) is 23.5 Å². The van der Waals surface area contributed by atoms with Crippen LogP contribution in [0, 0.1) is 28.6 Å². The van der Waals surface area contributed by atoms with Crippen molar-refractivity contribution >= 4 is 23.7 Å². The highest BCUT2D eigenvalue weighted by Gasteiger charge is 2.82. The summed E-state index contributed by atoms with van der Waals surface area (Å²) in [6, 6.07) is 0. The number of allylic oxidation sites excluding steroid dienone is 3. The zero-order valence-electron chi connectivity index (χ0n) is 22.0. The SMILES string of the molecule is CC(=O)OCC(=O)[C@@]1(OC(C)=O)[C@H](C)C[C@H]2[C@@H]3CC=C4C=C(OC(C)=O)CC[C@]4(C)[C@@]34O[C@H]4C[C@@]21C. The summed E-state index contributed by atoms with van der Waals surface area (Å²) in [4.78, 5) is 49.1. The largest absolute Gasteiger partial charge is 0.458 e. The van der Waals surface area contributed by atoms with E-state index in [1.165, 1.54) is 20.8 Å². The Morgan fingerprint density at radius 2 is 1.78 bits per heavy atom. The molecule has 4 aliphatic carbocycles. The Labute approximate surface area is 211 Å². The molecular formula is C28H36O8. The van der Waals surface area contributed by atoms with E-state index >= 15 is 0 Å². The van der Waals surface area contributed by atoms with E-state index in [1.807, 2.05) is 13.0 Å². The van der Waals surface area contributed by atoms with E-state index in [-0.39, 0.29) is 46.6 Å². The van der Waals surface area contributed by atoms with Crippen molar-refractivity contribution in [2.24, 2.45) is 28.6 Å². The highest BCUT2D eigenvalue weighted by Crippen LogP contribution is 2.77. The van der Waals surface area contributed by atoms with E-state index in [4.69, 9.17) is 18.9 Å². The number of carbonyl (C=O) groups is 4. The number of epoxide rings is 1. The molecule has 0 bridgehead atoms. The van der Waals surface area contributed by atoms with Gasteiger partial charge >= 0.3 is 17.9 Å². The smallest absolute Gasteiger partial charge is 0.307 e. The van der Waals surface area contributed by atoms with Gasteiger partial charge in [-0.25, -0.2) is 0 Å². The number of esters is 3. The van der Waals surface area contributed by atoms with Crippen LogP contribution in [-0.2, 0) is 38.1 Å². The van der Waals surface area contributed by atoms with Gasteiger partial charge in [0.15, 0.2) is 12.2 Å². The molecule has 0 aromatic carbocycles. The first kappa shape index (κ1) is 25.2. The summed E-state index contributed by atoms with van der Waals surface area (Å²) in [6.45, 7) is 9.87. The molecule has 0 N–H and O–H groups in total. The second-order valence-electron chi connectivity index (χ2n) is 11.8. The average molecular weight is 501 g/mol. The zero-order valence-corrected chi connectivity index (χ0v) is 22.0. The third kappa shape index (κ3) is 3.15. The molecule has 5 rings (SSSR count). The van der Waals surface area contributed by atoms with Crippen molar-refractivity contribution in [2.45, 2.75) is 91.0 Å². The highest BCUT2D eigenvalue weighted by molar-refractivity contribution is 5.93. The third-order valence-corrected chi connectivity index (χ3v) is 10.1. The molecule has 1 spiro atoms. The molecule has 196 valence electrons. The van der Waals surface area contributed by atoms with Crippen molar-refractivity contribution in [2.75, 3.05) is 6.61 Å². The highest BCUT2D eigenvalue weighted by atomic mass is 16.6. The van der Waals surface area contributed by atoms with Crippen LogP contribution in [0.5, 0.6) is 0 Å². The van der Waals surface area contributed by atoms with Crippen LogP contribution in [0.25, 0.3) is 0 Å². The van der Waals surface area contributed by atoms with Crippen molar-refractivity contribution in [1.82, 2.24) is 0 Å². The van der Waals surface area contributed by atoms with Gasteiger partial charge in [-0.05, 0) is 49.2 Å². The standard InChI is InChI=1S/C28H36O8/c1-15-11-22-21-8-7-19-12-20(34-17(3)30)9-10-25(19,5)28(21)24(36-28)13-26(22,6)27(15,35-18(4)31)23(32)14-33-16(2)29/h7,12,15,21-22,24H,8-11,13-14H2,1-6H3/t15-,21+,22+,24+,25+,26+,27+,28-/m1/s1. The minimum atomic E-state index is -1.38. The van der Waals surface area contributed by atoms with E-state index in [1.54, 1.807) is 0 Å². The number of fused-ring (bicyclic) bond motifs is 3. The summed E-state index contributed by atoms with van der Waals surface area (Å²) in [5, 5.41) is 0. The van der Waals surface area contributed by atoms with Crippen molar-refractivity contribution < 1.29 is 38.1 Å². The van der Waals surface area contributed by atoms with Crippen LogP contribution in [0.3, 0.4) is 0 Å². The Kier molecular flexibility index (Phi) is 5.60. The molecule has 36 heavy (non-hydrogen) atoms. The molecular weight excluding hydrogens is 464 g/mol. The molecule has 5 aliphatic rings. The number of carbonyl (C=O) groups excluding carboxylic acids is 4. The van der Waals surface area contributed by atoms with Gasteiger partial charge in [0, 0.05) is 43.9 Å². The molecule has 0 amide bonds. The van der Waals surface area contributed by atoms with Crippen molar-refractivity contribution in [1.29, 1.82) is 0 Å². The number of ether oxygens (including phenoxy) is 4. The molecule has 8 nitrogen and oxygen atoms in total. The Bertz CT molecular complexity index is 1100. The fraction of sp³-hybridized carbons (Fsp3) is 0.714. The summed E-state index contributed by atoms with van der Waals surface area (Å²) in [5.74, 6) is -1.03. The maximum atomic E-state index is 13.7. The van der Waals surface area contributed by atoms with Gasteiger partial charge in [-0.1, -0.05) is 26.8 Å². The molecule has 8 atom stereocenters. The molecule has 0 radical (unpaired) electrons. The van der Waals surface area contributed by atoms with E-state index in [9.17, 15) is 19.2 Å². The topological polar surface area (TPSA) is 109 Å². The predicted molar refractivity (Wildman–Crippen MR) is 127 cm³/mol. The maximum absolute atomic E-state index is 13.7. The van der Waals surface area contributed by atoms with Crippen molar-refractivity contribution in [3.8, 4) is 0 Å². The van der Waals surface area contributed by atoms with Gasteiger partial charge in [0.05, 0.1) is 6.10 Å². The lowest BCUT2D eigenvalue weighted by Gasteiger charge is -2.56. The molecule has 0 aromatic rings. The summed E-state index contributed by atoms with van der Waals surface area (Å²) < 4.78 is 23.2. The van der Waals surface area contributed by atoms with Gasteiger partial charge in [0.2, 0.25) is 5.78 Å². The quantitative estimate of drug-likeness (QED) is 0.318. The zero-order chi connectivity index (χ0) is 26.3. The van der Waals surface area contributed by atoms with E-state index in [2.05, 4.69) is 19.9 Å². The van der Waals surface area contributed by atoms with Crippen LogP contribution in [0.1, 0.15) is 73.6 Å². The molecule has 0 unspecified atom stereocenters. The Morgan fingerprint density at radius 3 is 2.42 bits per heavy atom. The number of rotatable bonds is 5. The monoisotopic (exact) mass is 500 g/mol. The summed E-state index contributed by atoms with van der Waals surface area (Å²) in [7, 11) is 0. The molecule has 3 fully saturated rings. The minimum absolute atomic E-state index is 0.0807. The Hall–Kier alpha value is -2.48. The van der Waals surface area contributed by atoms with Crippen LogP contribution in [-0.4, -0.2) is 47.6 Å². The summed E-state index contributed by atoms with van der Waals surface area (Å²) in [5.41, 5.74) is -1.47. The number of ketones is 1. The minimum Gasteiger partial charge on any atom is -0.458 e. The Morgan fingerprint density at radius 1 is 1.06 bits per heavy atom. The summed E-state index contributed by atoms with van der Waals surface area (Å²) in [6.07, 6.45) is 7.70. The first-order valence-corrected chi connectivity index (χ1v) is 13.0. The predicted octanol–water partition coefficient (Wildman–Crippen LogP) is 3.82. The van der Waals surface area contributed by atoms with Crippen LogP contribution in [0.4, 0.5) is 0 Å². The van der Waals surface area contributed by atoms with Gasteiger partial charge in [0.1, 0.15) is 11.4 Å². The van der Waals surface area contributed by atoms with Crippen LogP contribution >= 0.6 is 0 Å². The van der Waals surface area contributed by atoms with Gasteiger partial charge in [-0.15, -0.1) is 0 Å². The van der Waals surface area contributed by atoms with Crippen molar-refractivity contribution in [3.63, 3.8) is 0 Å². The fourth-order valence-corrected chi connectivity index (χ4v) is 8.71. The van der Waals surface area contributed by atoms with Crippen molar-refractivity contribution in [3.05, 3.63) is 23.5 Å². The van der Waals surface area contributed by atoms with Gasteiger partial charge < -0.3 is 18.9 Å². The van der Waals surface area contributed by atoms with Gasteiger partial charge in [-0.2, -0.15) is 0 Å². The summed E-state index contributed by atoms with van der Waals surface area (Å²) >= 11 is 0. The number of hydrogen-bond donors (Lipinski definition) is 0. The van der Waals surface area contributed by atoms with Gasteiger partial charge in [0.25, 0.3) is 0 Å². The maximum Gasteiger partial charge on any atom is 0.307 e. The third-order valence-electron chi connectivity index (χ3n) is 10.1. The van der Waals surface area contributed by atoms with E-state index in [0.29, 0.717) is 25.0 Å². The average Bonchev–Trinajstić information content (AvgIpc) is 3.45.